The fraction of sp³-hybridized carbons (Fsp3) is 0.500. The monoisotopic (exact) mass is 274 g/mol. The lowest BCUT2D eigenvalue weighted by atomic mass is 9.91. The molecule has 2 aromatic rings. The number of anilines is 1. The van der Waals surface area contributed by atoms with Crippen LogP contribution in [0.5, 0.6) is 0 Å². The smallest absolute Gasteiger partial charge is 0.339 e. The number of nitrogens with zero attached hydrogens (tertiary/aromatic N) is 4. The molecule has 0 atom stereocenters. The average Bonchev–Trinajstić information content (AvgIpc) is 2.61. The number of pyridine rings is 1. The Morgan fingerprint density at radius 3 is 2.75 bits per heavy atom. The van der Waals surface area contributed by atoms with E-state index < -0.39 is 5.97 Å². The first-order chi connectivity index (χ1) is 9.50. The molecule has 20 heavy (non-hydrogen) atoms. The summed E-state index contributed by atoms with van der Waals surface area (Å²) in [5.74, 6) is -0.941. The van der Waals surface area contributed by atoms with Gasteiger partial charge in [0.1, 0.15) is 5.56 Å². The number of hydrogen-bond acceptors (Lipinski definition) is 4. The van der Waals surface area contributed by atoms with Crippen LogP contribution < -0.4 is 4.90 Å². The van der Waals surface area contributed by atoms with Crippen LogP contribution in [0.25, 0.3) is 11.0 Å². The number of fused-ring (bicyclic) bond motifs is 1. The van der Waals surface area contributed by atoms with E-state index in [9.17, 15) is 9.90 Å². The highest BCUT2D eigenvalue weighted by Gasteiger charge is 2.28. The molecule has 0 saturated heterocycles. The number of hydrogen-bond donors (Lipinski definition) is 1. The SMILES string of the molecule is Cc1nn(C)c2ncc(C(=O)O)c(N(C)C3CCC3)c12. The molecule has 1 aliphatic carbocycles. The number of carboxylic acid groups (broad SMARTS) is 1. The molecule has 0 aliphatic heterocycles. The van der Waals surface area contributed by atoms with Crippen molar-refractivity contribution in [2.45, 2.75) is 32.2 Å². The van der Waals surface area contributed by atoms with Crippen LogP contribution in [0.4, 0.5) is 5.69 Å². The van der Waals surface area contributed by atoms with E-state index in [1.807, 2.05) is 21.0 Å². The first-order valence-electron chi connectivity index (χ1n) is 6.79. The second-order valence-electron chi connectivity index (χ2n) is 5.43. The highest BCUT2D eigenvalue weighted by atomic mass is 16.4. The quantitative estimate of drug-likeness (QED) is 0.926. The summed E-state index contributed by atoms with van der Waals surface area (Å²) in [6.45, 7) is 1.90. The number of carbonyl (C=O) groups is 1. The van der Waals surface area contributed by atoms with Crippen LogP contribution >= 0.6 is 0 Å². The Morgan fingerprint density at radius 2 is 2.20 bits per heavy atom. The first-order valence-corrected chi connectivity index (χ1v) is 6.79. The molecule has 0 aromatic carbocycles. The summed E-state index contributed by atoms with van der Waals surface area (Å²) in [6, 6.07) is 0.415. The van der Waals surface area contributed by atoms with E-state index in [1.165, 1.54) is 12.6 Å². The highest BCUT2D eigenvalue weighted by Crippen LogP contribution is 2.36. The lowest BCUT2D eigenvalue weighted by Gasteiger charge is -2.37. The standard InChI is InChI=1S/C14H18N4O2/c1-8-11-12(17(2)9-5-4-6-9)10(14(19)20)7-15-13(11)18(3)16-8/h7,9H,4-6H2,1-3H3,(H,19,20). The molecule has 6 nitrogen and oxygen atoms in total. The molecule has 2 heterocycles. The van der Waals surface area contributed by atoms with Crippen molar-refractivity contribution >= 4 is 22.7 Å². The van der Waals surface area contributed by atoms with E-state index in [2.05, 4.69) is 15.0 Å². The van der Waals surface area contributed by atoms with Crippen LogP contribution in [0.1, 0.15) is 35.3 Å². The summed E-state index contributed by atoms with van der Waals surface area (Å²) < 4.78 is 1.70. The fourth-order valence-corrected chi connectivity index (χ4v) is 2.87. The third-order valence-electron chi connectivity index (χ3n) is 4.21. The molecule has 2 aromatic heterocycles. The zero-order chi connectivity index (χ0) is 14.4. The Hall–Kier alpha value is -2.11. The van der Waals surface area contributed by atoms with E-state index >= 15 is 0 Å². The molecule has 0 spiro atoms. The largest absolute Gasteiger partial charge is 0.478 e. The van der Waals surface area contributed by atoms with Crippen LogP contribution in [0, 0.1) is 6.92 Å². The molecule has 6 heteroatoms. The molecule has 1 saturated carbocycles. The minimum Gasteiger partial charge on any atom is -0.478 e. The van der Waals surface area contributed by atoms with E-state index in [0.29, 0.717) is 6.04 Å². The molecule has 0 unspecified atom stereocenters. The Labute approximate surface area is 117 Å². The summed E-state index contributed by atoms with van der Waals surface area (Å²) in [7, 11) is 3.80. The maximum absolute atomic E-state index is 11.5. The van der Waals surface area contributed by atoms with Gasteiger partial charge in [-0.3, -0.25) is 4.68 Å². The maximum atomic E-state index is 11.5. The van der Waals surface area contributed by atoms with Crippen molar-refractivity contribution in [2.75, 3.05) is 11.9 Å². The summed E-state index contributed by atoms with van der Waals surface area (Å²) in [5, 5.41) is 14.7. The molecule has 0 radical (unpaired) electrons. The number of aromatic carboxylic acids is 1. The lowest BCUT2D eigenvalue weighted by Crippen LogP contribution is -2.38. The molecular formula is C14H18N4O2. The van der Waals surface area contributed by atoms with Crippen molar-refractivity contribution in [1.82, 2.24) is 14.8 Å². The Bertz CT molecular complexity index is 688. The summed E-state index contributed by atoms with van der Waals surface area (Å²) in [5.41, 5.74) is 2.55. The van der Waals surface area contributed by atoms with E-state index in [-0.39, 0.29) is 5.56 Å². The van der Waals surface area contributed by atoms with Crippen LogP contribution in [0.2, 0.25) is 0 Å². The van der Waals surface area contributed by atoms with Gasteiger partial charge in [-0.05, 0) is 26.2 Å². The van der Waals surface area contributed by atoms with Gasteiger partial charge in [0.25, 0.3) is 0 Å². The van der Waals surface area contributed by atoms with E-state index in [0.717, 1.165) is 35.3 Å². The predicted octanol–water partition coefficient (Wildman–Crippen LogP) is 1.96. The van der Waals surface area contributed by atoms with Crippen molar-refractivity contribution in [3.63, 3.8) is 0 Å². The number of aromatic nitrogens is 3. The lowest BCUT2D eigenvalue weighted by molar-refractivity contribution is 0.0697. The van der Waals surface area contributed by atoms with Gasteiger partial charge in [0.05, 0.1) is 16.8 Å². The molecule has 3 rings (SSSR count). The van der Waals surface area contributed by atoms with Gasteiger partial charge in [0, 0.05) is 26.3 Å². The molecule has 106 valence electrons. The molecular weight excluding hydrogens is 256 g/mol. The third kappa shape index (κ3) is 1.75. The van der Waals surface area contributed by atoms with Crippen molar-refractivity contribution in [2.24, 2.45) is 7.05 Å². The Morgan fingerprint density at radius 1 is 1.50 bits per heavy atom. The van der Waals surface area contributed by atoms with Gasteiger partial charge in [0.15, 0.2) is 5.65 Å². The van der Waals surface area contributed by atoms with Gasteiger partial charge in [-0.1, -0.05) is 0 Å². The Balaban J connectivity index is 2.28. The average molecular weight is 274 g/mol. The summed E-state index contributed by atoms with van der Waals surface area (Å²) >= 11 is 0. The van der Waals surface area contributed by atoms with Gasteiger partial charge in [-0.2, -0.15) is 5.10 Å². The number of rotatable bonds is 3. The minimum atomic E-state index is -0.941. The van der Waals surface area contributed by atoms with E-state index in [1.54, 1.807) is 4.68 Å². The molecule has 1 aliphatic rings. The van der Waals surface area contributed by atoms with Gasteiger partial charge in [-0.25, -0.2) is 9.78 Å². The zero-order valence-electron chi connectivity index (χ0n) is 11.9. The number of carboxylic acids is 1. The molecule has 1 fully saturated rings. The predicted molar refractivity (Wildman–Crippen MR) is 76.2 cm³/mol. The van der Waals surface area contributed by atoms with Crippen LogP contribution in [0.15, 0.2) is 6.20 Å². The van der Waals surface area contributed by atoms with E-state index in [4.69, 9.17) is 0 Å². The van der Waals surface area contributed by atoms with Gasteiger partial charge < -0.3 is 10.0 Å². The Kier molecular flexibility index (Phi) is 2.88. The molecule has 0 amide bonds. The maximum Gasteiger partial charge on any atom is 0.339 e. The highest BCUT2D eigenvalue weighted by molar-refractivity contribution is 6.04. The second-order valence-corrected chi connectivity index (χ2v) is 5.43. The topological polar surface area (TPSA) is 71.2 Å². The number of aryl methyl sites for hydroxylation is 2. The van der Waals surface area contributed by atoms with Crippen molar-refractivity contribution < 1.29 is 9.90 Å². The van der Waals surface area contributed by atoms with Crippen molar-refractivity contribution in [1.29, 1.82) is 0 Å². The molecule has 1 N–H and O–H groups in total. The van der Waals surface area contributed by atoms with Crippen molar-refractivity contribution in [3.8, 4) is 0 Å². The van der Waals surface area contributed by atoms with Gasteiger partial charge in [0.2, 0.25) is 0 Å². The van der Waals surface area contributed by atoms with Crippen LogP contribution in [-0.2, 0) is 7.05 Å². The second kappa shape index (κ2) is 4.47. The summed E-state index contributed by atoms with van der Waals surface area (Å²) in [6.07, 6.45) is 4.87. The summed E-state index contributed by atoms with van der Waals surface area (Å²) in [4.78, 5) is 17.9. The zero-order valence-corrected chi connectivity index (χ0v) is 11.9. The van der Waals surface area contributed by atoms with Crippen molar-refractivity contribution in [3.05, 3.63) is 17.5 Å². The molecule has 0 bridgehead atoms. The van der Waals surface area contributed by atoms with Crippen LogP contribution in [-0.4, -0.2) is 38.9 Å². The minimum absolute atomic E-state index is 0.253. The first kappa shape index (κ1) is 12.9. The van der Waals surface area contributed by atoms with Gasteiger partial charge in [-0.15, -0.1) is 0 Å². The normalized spacial score (nSPS) is 15.3. The third-order valence-corrected chi connectivity index (χ3v) is 4.21. The van der Waals surface area contributed by atoms with Crippen LogP contribution in [0.3, 0.4) is 0 Å². The van der Waals surface area contributed by atoms with Gasteiger partial charge >= 0.3 is 5.97 Å². The fourth-order valence-electron chi connectivity index (χ4n) is 2.87.